The summed E-state index contributed by atoms with van der Waals surface area (Å²) in [6.07, 6.45) is 3.18. The Morgan fingerprint density at radius 2 is 1.08 bits per heavy atom. The van der Waals surface area contributed by atoms with E-state index >= 15 is 0 Å². The first kappa shape index (κ1) is 26.5. The molecule has 0 amide bonds. The van der Waals surface area contributed by atoms with Crippen LogP contribution in [0.25, 0.3) is 10.8 Å². The summed E-state index contributed by atoms with van der Waals surface area (Å²) in [5, 5.41) is 1.73. The molecule has 2 saturated heterocycles. The lowest BCUT2D eigenvalue weighted by atomic mass is 10.0. The normalized spacial score (nSPS) is 15.9. The van der Waals surface area contributed by atoms with Crippen molar-refractivity contribution in [1.82, 2.24) is 0 Å². The van der Waals surface area contributed by atoms with Gasteiger partial charge in [0.15, 0.2) is 0 Å². The van der Waals surface area contributed by atoms with Gasteiger partial charge in [0.2, 0.25) is 0 Å². The molecule has 0 bridgehead atoms. The van der Waals surface area contributed by atoms with Gasteiger partial charge >= 0.3 is 11.9 Å². The van der Waals surface area contributed by atoms with Crippen molar-refractivity contribution in [3.8, 4) is 0 Å². The van der Waals surface area contributed by atoms with E-state index in [-0.39, 0.29) is 11.9 Å². The van der Waals surface area contributed by atoms with Gasteiger partial charge in [-0.15, -0.1) is 0 Å². The molecule has 0 radical (unpaired) electrons. The molecule has 36 heavy (non-hydrogen) atoms. The first-order chi connectivity index (χ1) is 17.7. The molecule has 8 heteroatoms. The van der Waals surface area contributed by atoms with Crippen LogP contribution in [-0.4, -0.2) is 78.0 Å². The maximum atomic E-state index is 12.5. The second-order valence-corrected chi connectivity index (χ2v) is 9.42. The van der Waals surface area contributed by atoms with E-state index in [0.717, 1.165) is 76.1 Å². The first-order valence-electron chi connectivity index (χ1n) is 12.9. The van der Waals surface area contributed by atoms with Crippen LogP contribution in [0.4, 0.5) is 0 Å². The highest BCUT2D eigenvalue weighted by molar-refractivity contribution is 5.99. The van der Waals surface area contributed by atoms with E-state index in [2.05, 4.69) is 0 Å². The number of esters is 2. The Kier molecular flexibility index (Phi) is 10.5. The SMILES string of the molecule is O=C(OCCCCOCC1COC1)c1ccc2ccc(C(=O)OCCCCOCC3COC3)cc2c1. The molecule has 2 aromatic carbocycles. The average molecular weight is 501 g/mol. The number of hydrogen-bond donors (Lipinski definition) is 0. The molecule has 196 valence electrons. The summed E-state index contributed by atoms with van der Waals surface area (Å²) in [5.41, 5.74) is 0.922. The zero-order chi connectivity index (χ0) is 25.0. The maximum Gasteiger partial charge on any atom is 0.338 e. The minimum atomic E-state index is -0.371. The van der Waals surface area contributed by atoms with E-state index in [0.29, 0.717) is 49.4 Å². The van der Waals surface area contributed by atoms with Crippen molar-refractivity contribution >= 4 is 22.7 Å². The van der Waals surface area contributed by atoms with Gasteiger partial charge in [0, 0.05) is 25.0 Å². The lowest BCUT2D eigenvalue weighted by molar-refractivity contribution is -0.0720. The molecule has 4 rings (SSSR count). The number of hydrogen-bond acceptors (Lipinski definition) is 8. The van der Waals surface area contributed by atoms with Crippen molar-refractivity contribution in [3.05, 3.63) is 47.5 Å². The third-order valence-corrected chi connectivity index (χ3v) is 6.27. The summed E-state index contributed by atoms with van der Waals surface area (Å²) >= 11 is 0. The number of ether oxygens (including phenoxy) is 6. The number of fused-ring (bicyclic) bond motifs is 1. The third kappa shape index (κ3) is 8.27. The van der Waals surface area contributed by atoms with Gasteiger partial charge in [-0.25, -0.2) is 9.59 Å². The molecule has 2 fully saturated rings. The summed E-state index contributed by atoms with van der Waals surface area (Å²) in [4.78, 5) is 24.9. The smallest absolute Gasteiger partial charge is 0.338 e. The number of benzene rings is 2. The molecule has 0 unspecified atom stereocenters. The molecule has 2 aliphatic heterocycles. The second-order valence-electron chi connectivity index (χ2n) is 9.42. The quantitative estimate of drug-likeness (QED) is 0.252. The van der Waals surface area contributed by atoms with E-state index < -0.39 is 0 Å². The molecular weight excluding hydrogens is 464 g/mol. The summed E-state index contributed by atoms with van der Waals surface area (Å²) in [7, 11) is 0. The molecular formula is C28H36O8. The van der Waals surface area contributed by atoms with Gasteiger partial charge < -0.3 is 28.4 Å². The van der Waals surface area contributed by atoms with Crippen LogP contribution in [0.2, 0.25) is 0 Å². The molecule has 0 aromatic heterocycles. The van der Waals surface area contributed by atoms with Crippen molar-refractivity contribution in [2.75, 3.05) is 66.1 Å². The zero-order valence-electron chi connectivity index (χ0n) is 20.8. The fourth-order valence-electron chi connectivity index (χ4n) is 3.87. The van der Waals surface area contributed by atoms with Gasteiger partial charge in [-0.3, -0.25) is 0 Å². The van der Waals surface area contributed by atoms with Gasteiger partial charge in [0.25, 0.3) is 0 Å². The van der Waals surface area contributed by atoms with Crippen LogP contribution in [0.5, 0.6) is 0 Å². The Balaban J connectivity index is 1.14. The minimum Gasteiger partial charge on any atom is -0.462 e. The van der Waals surface area contributed by atoms with E-state index in [9.17, 15) is 9.59 Å². The highest BCUT2D eigenvalue weighted by Gasteiger charge is 2.18. The zero-order valence-corrected chi connectivity index (χ0v) is 20.8. The minimum absolute atomic E-state index is 0.346. The van der Waals surface area contributed by atoms with Crippen LogP contribution in [0.1, 0.15) is 46.4 Å². The van der Waals surface area contributed by atoms with Gasteiger partial charge in [0.1, 0.15) is 0 Å². The summed E-state index contributed by atoms with van der Waals surface area (Å²) < 4.78 is 32.3. The Morgan fingerprint density at radius 1 is 0.639 bits per heavy atom. The molecule has 0 aliphatic carbocycles. The van der Waals surface area contributed by atoms with Crippen molar-refractivity contribution in [1.29, 1.82) is 0 Å². The monoisotopic (exact) mass is 500 g/mol. The van der Waals surface area contributed by atoms with Crippen LogP contribution in [0.3, 0.4) is 0 Å². The highest BCUT2D eigenvalue weighted by Crippen LogP contribution is 2.20. The third-order valence-electron chi connectivity index (χ3n) is 6.27. The fraction of sp³-hybridized carbons (Fsp3) is 0.571. The standard InChI is InChI=1S/C28H36O8/c29-27(35-11-3-1-9-31-15-21-17-33-18-21)24-7-5-23-6-8-25(14-26(23)13-24)28(30)36-12-4-2-10-32-16-22-19-34-20-22/h5-8,13-14,21-22H,1-4,9-12,15-20H2. The highest BCUT2D eigenvalue weighted by atomic mass is 16.5. The molecule has 0 atom stereocenters. The lowest BCUT2D eigenvalue weighted by Gasteiger charge is -2.25. The van der Waals surface area contributed by atoms with Crippen molar-refractivity contribution in [3.63, 3.8) is 0 Å². The van der Waals surface area contributed by atoms with E-state index in [1.54, 1.807) is 24.3 Å². The first-order valence-corrected chi connectivity index (χ1v) is 12.9. The van der Waals surface area contributed by atoms with Gasteiger partial charge in [0.05, 0.1) is 64.0 Å². The summed E-state index contributed by atoms with van der Waals surface area (Å²) in [5.74, 6) is 0.315. The summed E-state index contributed by atoms with van der Waals surface area (Å²) in [6, 6.07) is 10.7. The van der Waals surface area contributed by atoms with Crippen molar-refractivity contribution < 1.29 is 38.0 Å². The molecule has 2 aliphatic rings. The number of unbranched alkanes of at least 4 members (excludes halogenated alkanes) is 2. The van der Waals surface area contributed by atoms with Crippen LogP contribution in [-0.2, 0) is 28.4 Å². The van der Waals surface area contributed by atoms with Gasteiger partial charge in [-0.05, 0) is 60.7 Å². The Hall–Kier alpha value is -2.52. The van der Waals surface area contributed by atoms with Crippen LogP contribution >= 0.6 is 0 Å². The predicted octanol–water partition coefficient (Wildman–Crippen LogP) is 4.04. The molecule has 0 saturated carbocycles. The fourth-order valence-corrected chi connectivity index (χ4v) is 3.87. The molecule has 2 aromatic rings. The average Bonchev–Trinajstić information content (AvgIpc) is 2.84. The maximum absolute atomic E-state index is 12.5. The van der Waals surface area contributed by atoms with E-state index in [1.165, 1.54) is 0 Å². The van der Waals surface area contributed by atoms with Crippen LogP contribution in [0.15, 0.2) is 36.4 Å². The number of carbonyl (C=O) groups is 2. The van der Waals surface area contributed by atoms with E-state index in [1.807, 2.05) is 12.1 Å². The number of rotatable bonds is 16. The summed E-state index contributed by atoms with van der Waals surface area (Å²) in [6.45, 7) is 6.64. The van der Waals surface area contributed by atoms with Gasteiger partial charge in [-0.2, -0.15) is 0 Å². The molecule has 0 N–H and O–H groups in total. The largest absolute Gasteiger partial charge is 0.462 e. The Bertz CT molecular complexity index is 908. The van der Waals surface area contributed by atoms with Crippen LogP contribution in [0, 0.1) is 11.8 Å². The Morgan fingerprint density at radius 3 is 1.50 bits per heavy atom. The second kappa shape index (κ2) is 14.3. The molecule has 0 spiro atoms. The van der Waals surface area contributed by atoms with Crippen LogP contribution < -0.4 is 0 Å². The van der Waals surface area contributed by atoms with Crippen molar-refractivity contribution in [2.24, 2.45) is 11.8 Å². The van der Waals surface area contributed by atoms with Crippen molar-refractivity contribution in [2.45, 2.75) is 25.7 Å². The van der Waals surface area contributed by atoms with Gasteiger partial charge in [-0.1, -0.05) is 12.1 Å². The lowest BCUT2D eigenvalue weighted by Crippen LogP contribution is -2.31. The topological polar surface area (TPSA) is 89.5 Å². The molecule has 8 nitrogen and oxygen atoms in total. The van der Waals surface area contributed by atoms with E-state index in [4.69, 9.17) is 28.4 Å². The molecule has 2 heterocycles. The number of carbonyl (C=O) groups excluding carboxylic acids is 2. The Labute approximate surface area is 212 Å². The predicted molar refractivity (Wildman–Crippen MR) is 133 cm³/mol.